The Balaban J connectivity index is 2.01. The summed E-state index contributed by atoms with van der Waals surface area (Å²) in [4.78, 5) is 37.5. The van der Waals surface area contributed by atoms with E-state index in [9.17, 15) is 24.8 Å². The molecule has 1 amide bonds. The third kappa shape index (κ3) is 3.48. The maximum atomic E-state index is 12.9. The summed E-state index contributed by atoms with van der Waals surface area (Å²) in [5.74, 6) is 0.995. The predicted molar refractivity (Wildman–Crippen MR) is 108 cm³/mol. The van der Waals surface area contributed by atoms with E-state index in [4.69, 9.17) is 11.2 Å². The fourth-order valence-electron chi connectivity index (χ4n) is 3.28. The first kappa shape index (κ1) is 20.5. The number of carbonyl (C=O) groups is 2. The smallest absolute Gasteiger partial charge is 0.311 e. The van der Waals surface area contributed by atoms with E-state index < -0.39 is 28.6 Å². The second-order valence-electron chi connectivity index (χ2n) is 6.36. The van der Waals surface area contributed by atoms with Crippen LogP contribution in [0.5, 0.6) is 5.75 Å². The van der Waals surface area contributed by atoms with Gasteiger partial charge in [0.2, 0.25) is 0 Å². The van der Waals surface area contributed by atoms with Gasteiger partial charge >= 0.3 is 5.69 Å². The van der Waals surface area contributed by atoms with Crippen LogP contribution in [0.15, 0.2) is 40.9 Å². The lowest BCUT2D eigenvalue weighted by Crippen LogP contribution is -2.42. The number of ether oxygens (including phenoxy) is 1. The number of amides is 1. The number of Topliss-reactive ketones (excluding diaryl/α,β-unsaturated/α-hetero) is 1. The molecule has 1 atom stereocenters. The minimum Gasteiger partial charge on any atom is -0.490 e. The molecule has 0 aromatic heterocycles. The summed E-state index contributed by atoms with van der Waals surface area (Å²) in [6, 6.07) is 8.56. The number of ketones is 1. The zero-order chi connectivity index (χ0) is 21.3. The highest BCUT2D eigenvalue weighted by molar-refractivity contribution is 9.10. The highest BCUT2D eigenvalue weighted by Crippen LogP contribution is 2.44. The van der Waals surface area contributed by atoms with Crippen LogP contribution >= 0.6 is 15.9 Å². The van der Waals surface area contributed by atoms with Crippen LogP contribution < -0.4 is 9.64 Å². The second-order valence-corrected chi connectivity index (χ2v) is 7.28. The average molecular weight is 459 g/mol. The van der Waals surface area contributed by atoms with Crippen molar-refractivity contribution in [1.82, 2.24) is 0 Å². The van der Waals surface area contributed by atoms with Gasteiger partial charge in [0, 0.05) is 21.7 Å². The number of benzene rings is 2. The number of carbonyl (C=O) groups excluding carboxylic acids is 2. The monoisotopic (exact) mass is 458 g/mol. The van der Waals surface area contributed by atoms with Gasteiger partial charge in [-0.3, -0.25) is 24.6 Å². The topological polar surface area (TPSA) is 110 Å². The first-order valence-electron chi connectivity index (χ1n) is 8.36. The van der Waals surface area contributed by atoms with Crippen LogP contribution in [0.1, 0.15) is 22.3 Å². The Bertz CT molecular complexity index is 1080. The van der Waals surface area contributed by atoms with Gasteiger partial charge in [-0.1, -0.05) is 21.9 Å². The van der Waals surface area contributed by atoms with Crippen molar-refractivity contribution >= 4 is 39.0 Å². The van der Waals surface area contributed by atoms with E-state index in [0.717, 1.165) is 6.07 Å². The van der Waals surface area contributed by atoms with Gasteiger partial charge in [0.15, 0.2) is 17.1 Å². The van der Waals surface area contributed by atoms with Gasteiger partial charge in [-0.15, -0.1) is 6.42 Å². The number of methoxy groups -OCH3 is 1. The van der Waals surface area contributed by atoms with E-state index in [0.29, 0.717) is 10.2 Å². The highest BCUT2D eigenvalue weighted by Gasteiger charge is 2.51. The molecule has 0 saturated heterocycles. The van der Waals surface area contributed by atoms with Crippen LogP contribution in [0.3, 0.4) is 0 Å². The Morgan fingerprint density at radius 1 is 1.38 bits per heavy atom. The molecule has 1 aliphatic rings. The molecule has 29 heavy (non-hydrogen) atoms. The Labute approximate surface area is 174 Å². The number of fused-ring (bicyclic) bond motifs is 1. The summed E-state index contributed by atoms with van der Waals surface area (Å²) < 4.78 is 5.53. The molecule has 0 fully saturated rings. The molecule has 0 unspecified atom stereocenters. The van der Waals surface area contributed by atoms with Crippen molar-refractivity contribution in [2.75, 3.05) is 18.6 Å². The molecular formula is C20H15BrN2O6. The lowest BCUT2D eigenvalue weighted by Gasteiger charge is -2.22. The molecule has 0 aliphatic carbocycles. The van der Waals surface area contributed by atoms with Crippen LogP contribution in [0.25, 0.3) is 0 Å². The van der Waals surface area contributed by atoms with Crippen molar-refractivity contribution in [3.63, 3.8) is 0 Å². The van der Waals surface area contributed by atoms with Gasteiger partial charge in [-0.2, -0.15) is 0 Å². The summed E-state index contributed by atoms with van der Waals surface area (Å²) in [7, 11) is 1.28. The maximum absolute atomic E-state index is 12.9. The molecule has 0 bridgehead atoms. The molecular weight excluding hydrogens is 444 g/mol. The van der Waals surface area contributed by atoms with Crippen molar-refractivity contribution in [2.45, 2.75) is 12.0 Å². The van der Waals surface area contributed by atoms with E-state index in [1.54, 1.807) is 18.2 Å². The minimum atomic E-state index is -2.14. The molecule has 0 spiro atoms. The fraction of sp³-hybridized carbons (Fsp3) is 0.200. The molecule has 1 aliphatic heterocycles. The number of nitro benzene ring substituents is 1. The van der Waals surface area contributed by atoms with E-state index in [1.165, 1.54) is 24.1 Å². The highest BCUT2D eigenvalue weighted by atomic mass is 79.9. The van der Waals surface area contributed by atoms with Gasteiger partial charge in [0.1, 0.15) is 0 Å². The average Bonchev–Trinajstić information content (AvgIpc) is 2.89. The zero-order valence-corrected chi connectivity index (χ0v) is 16.8. The molecule has 9 heteroatoms. The Kier molecular flexibility index (Phi) is 5.42. The Hall–Kier alpha value is -3.22. The number of nitro groups is 1. The molecule has 0 radical (unpaired) electrons. The first-order chi connectivity index (χ1) is 13.7. The summed E-state index contributed by atoms with van der Waals surface area (Å²) in [5, 5.41) is 22.4. The number of hydrogen-bond acceptors (Lipinski definition) is 6. The lowest BCUT2D eigenvalue weighted by molar-refractivity contribution is -0.385. The third-order valence-electron chi connectivity index (χ3n) is 4.66. The number of halogens is 1. The first-order valence-corrected chi connectivity index (χ1v) is 9.15. The standard InChI is InChI=1S/C20H15BrN2O6/c1-3-8-22-15-6-5-13(21)10-14(15)20(26,19(22)25)11-17(24)12-4-7-18(29-2)16(9-12)23(27)28/h1,4-7,9-10,26H,8,11H2,2H3/t20-/m1/s1. The van der Waals surface area contributed by atoms with Crippen LogP contribution in [-0.4, -0.2) is 35.4 Å². The van der Waals surface area contributed by atoms with Gasteiger partial charge in [-0.05, 0) is 30.3 Å². The molecule has 0 saturated carbocycles. The third-order valence-corrected chi connectivity index (χ3v) is 5.15. The van der Waals surface area contributed by atoms with Crippen LogP contribution in [0, 0.1) is 22.5 Å². The van der Waals surface area contributed by atoms with Crippen molar-refractivity contribution in [3.05, 3.63) is 62.1 Å². The van der Waals surface area contributed by atoms with Crippen molar-refractivity contribution in [1.29, 1.82) is 0 Å². The number of anilines is 1. The quantitative estimate of drug-likeness (QED) is 0.308. The number of nitrogens with zero attached hydrogens (tertiary/aromatic N) is 2. The largest absolute Gasteiger partial charge is 0.490 e. The summed E-state index contributed by atoms with van der Waals surface area (Å²) in [5.41, 5.74) is -1.90. The number of aliphatic hydroxyl groups is 1. The predicted octanol–water partition coefficient (Wildman–Crippen LogP) is 2.81. The molecule has 1 N–H and O–H groups in total. The van der Waals surface area contributed by atoms with Crippen LogP contribution in [-0.2, 0) is 10.4 Å². The lowest BCUT2D eigenvalue weighted by atomic mass is 9.88. The summed E-state index contributed by atoms with van der Waals surface area (Å²) >= 11 is 3.29. The van der Waals surface area contributed by atoms with E-state index in [1.807, 2.05) is 0 Å². The molecule has 3 rings (SSSR count). The molecule has 1 heterocycles. The Morgan fingerprint density at radius 2 is 2.10 bits per heavy atom. The molecule has 2 aromatic carbocycles. The minimum absolute atomic E-state index is 0.00308. The summed E-state index contributed by atoms with van der Waals surface area (Å²) in [6.07, 6.45) is 4.74. The maximum Gasteiger partial charge on any atom is 0.311 e. The molecule has 148 valence electrons. The molecule has 8 nitrogen and oxygen atoms in total. The van der Waals surface area contributed by atoms with E-state index >= 15 is 0 Å². The second kappa shape index (κ2) is 7.66. The van der Waals surface area contributed by atoms with Gasteiger partial charge in [0.25, 0.3) is 5.91 Å². The SMILES string of the molecule is C#CCN1C(=O)[C@@](O)(CC(=O)c2ccc(OC)c([N+](=O)[O-])c2)c2cc(Br)ccc21. The van der Waals surface area contributed by atoms with E-state index in [-0.39, 0.29) is 29.1 Å². The Morgan fingerprint density at radius 3 is 2.72 bits per heavy atom. The van der Waals surface area contributed by atoms with E-state index in [2.05, 4.69) is 21.9 Å². The normalized spacial score (nSPS) is 17.6. The van der Waals surface area contributed by atoms with Gasteiger partial charge in [0.05, 0.1) is 30.7 Å². The van der Waals surface area contributed by atoms with Crippen LogP contribution in [0.4, 0.5) is 11.4 Å². The fourth-order valence-corrected chi connectivity index (χ4v) is 3.64. The number of terminal acetylenes is 1. The molecule has 2 aromatic rings. The van der Waals surface area contributed by atoms with Crippen molar-refractivity contribution in [3.8, 4) is 18.1 Å². The summed E-state index contributed by atoms with van der Waals surface area (Å²) in [6.45, 7) is -0.0715. The number of rotatable bonds is 6. The zero-order valence-electron chi connectivity index (χ0n) is 15.2. The van der Waals surface area contributed by atoms with Gasteiger partial charge in [-0.25, -0.2) is 0 Å². The van der Waals surface area contributed by atoms with Crippen LogP contribution in [0.2, 0.25) is 0 Å². The van der Waals surface area contributed by atoms with Crippen molar-refractivity contribution in [2.24, 2.45) is 0 Å². The van der Waals surface area contributed by atoms with Gasteiger partial charge < -0.3 is 9.84 Å². The number of hydrogen-bond donors (Lipinski definition) is 1. The van der Waals surface area contributed by atoms with Crippen molar-refractivity contribution < 1.29 is 24.4 Å².